The lowest BCUT2D eigenvalue weighted by Gasteiger charge is -2.30. The van der Waals surface area contributed by atoms with E-state index in [1.165, 1.54) is 0 Å². The molecular weight excluding hydrogens is 279 g/mol. The molecular formula is C13H15ClF3NO. The molecule has 0 bridgehead atoms. The summed E-state index contributed by atoms with van der Waals surface area (Å²) < 4.78 is 37.9. The molecule has 0 aliphatic heterocycles. The maximum Gasteiger partial charge on any atom is 0.416 e. The quantitative estimate of drug-likeness (QED) is 0.870. The van der Waals surface area contributed by atoms with Crippen LogP contribution in [0.4, 0.5) is 13.2 Å². The van der Waals surface area contributed by atoms with Crippen molar-refractivity contribution in [3.8, 4) is 5.75 Å². The van der Waals surface area contributed by atoms with Crippen LogP contribution in [-0.4, -0.2) is 11.7 Å². The van der Waals surface area contributed by atoms with Crippen LogP contribution < -0.4 is 5.73 Å². The van der Waals surface area contributed by atoms with Crippen LogP contribution in [0.25, 0.3) is 0 Å². The average molecular weight is 294 g/mol. The second-order valence-corrected chi connectivity index (χ2v) is 5.45. The van der Waals surface area contributed by atoms with E-state index in [-0.39, 0.29) is 11.6 Å². The average Bonchev–Trinajstić information content (AvgIpc) is 2.76. The fourth-order valence-electron chi connectivity index (χ4n) is 2.89. The van der Waals surface area contributed by atoms with E-state index in [2.05, 4.69) is 0 Å². The number of halogens is 4. The summed E-state index contributed by atoms with van der Waals surface area (Å²) in [6, 6.07) is 1.60. The van der Waals surface area contributed by atoms with Crippen LogP contribution in [0.15, 0.2) is 12.1 Å². The fraction of sp³-hybridized carbons (Fsp3) is 0.538. The zero-order valence-corrected chi connectivity index (χ0v) is 11.0. The molecule has 0 spiro atoms. The van der Waals surface area contributed by atoms with Crippen LogP contribution in [0.2, 0.25) is 5.02 Å². The Hall–Kier alpha value is -0.940. The Morgan fingerprint density at radius 3 is 2.26 bits per heavy atom. The first-order chi connectivity index (χ1) is 8.80. The van der Waals surface area contributed by atoms with E-state index in [1.807, 2.05) is 0 Å². The van der Waals surface area contributed by atoms with Crippen molar-refractivity contribution < 1.29 is 18.3 Å². The third kappa shape index (κ3) is 2.54. The van der Waals surface area contributed by atoms with Gasteiger partial charge in [-0.2, -0.15) is 13.2 Å². The number of hydrogen-bond acceptors (Lipinski definition) is 2. The summed E-state index contributed by atoms with van der Waals surface area (Å²) in [5.74, 6) is -0.410. The minimum absolute atomic E-state index is 0.0559. The molecule has 1 aliphatic rings. The van der Waals surface area contributed by atoms with Crippen molar-refractivity contribution in [2.45, 2.75) is 37.3 Å². The van der Waals surface area contributed by atoms with Crippen LogP contribution >= 0.6 is 11.6 Å². The summed E-state index contributed by atoms with van der Waals surface area (Å²) in [5, 5.41) is 9.90. The Balaban J connectivity index is 2.54. The maximum absolute atomic E-state index is 12.6. The van der Waals surface area contributed by atoms with Gasteiger partial charge in [-0.1, -0.05) is 24.4 Å². The first-order valence-corrected chi connectivity index (χ1v) is 6.48. The van der Waals surface area contributed by atoms with Crippen molar-refractivity contribution in [2.24, 2.45) is 5.73 Å². The highest BCUT2D eigenvalue weighted by atomic mass is 35.5. The van der Waals surface area contributed by atoms with Gasteiger partial charge in [0, 0.05) is 22.5 Å². The molecule has 0 aromatic heterocycles. The molecule has 1 saturated carbocycles. The van der Waals surface area contributed by atoms with E-state index in [0.29, 0.717) is 5.56 Å². The molecule has 1 aromatic carbocycles. The van der Waals surface area contributed by atoms with Gasteiger partial charge in [0.2, 0.25) is 0 Å². The van der Waals surface area contributed by atoms with E-state index >= 15 is 0 Å². The van der Waals surface area contributed by atoms with Gasteiger partial charge in [-0.3, -0.25) is 0 Å². The summed E-state index contributed by atoms with van der Waals surface area (Å²) >= 11 is 5.97. The van der Waals surface area contributed by atoms with Gasteiger partial charge in [0.1, 0.15) is 5.75 Å². The summed E-state index contributed by atoms with van der Waals surface area (Å²) in [6.07, 6.45) is -1.17. The molecule has 6 heteroatoms. The van der Waals surface area contributed by atoms with Crippen molar-refractivity contribution in [3.63, 3.8) is 0 Å². The number of alkyl halides is 3. The Morgan fingerprint density at radius 1 is 1.26 bits per heavy atom. The molecule has 3 N–H and O–H groups in total. The molecule has 1 aliphatic carbocycles. The highest BCUT2D eigenvalue weighted by Gasteiger charge is 2.40. The molecule has 0 heterocycles. The van der Waals surface area contributed by atoms with Gasteiger partial charge >= 0.3 is 6.18 Å². The molecule has 1 fully saturated rings. The largest absolute Gasteiger partial charge is 0.508 e. The molecule has 0 atom stereocenters. The van der Waals surface area contributed by atoms with Crippen LogP contribution in [0.3, 0.4) is 0 Å². The molecule has 0 saturated heterocycles. The summed E-state index contributed by atoms with van der Waals surface area (Å²) in [4.78, 5) is 0. The molecule has 2 rings (SSSR count). The first-order valence-electron chi connectivity index (χ1n) is 6.10. The minimum Gasteiger partial charge on any atom is -0.508 e. The van der Waals surface area contributed by atoms with Gasteiger partial charge in [-0.05, 0) is 25.0 Å². The summed E-state index contributed by atoms with van der Waals surface area (Å²) in [5.41, 5.74) is 4.70. The van der Waals surface area contributed by atoms with E-state index in [4.69, 9.17) is 17.3 Å². The summed E-state index contributed by atoms with van der Waals surface area (Å²) in [7, 11) is 0. The number of rotatable bonds is 2. The zero-order chi connectivity index (χ0) is 14.3. The van der Waals surface area contributed by atoms with Crippen LogP contribution in [0, 0.1) is 0 Å². The SMILES string of the molecule is NCC1(c2c(O)cc(C(F)(F)F)cc2Cl)CCCC1. The van der Waals surface area contributed by atoms with Gasteiger partial charge in [-0.15, -0.1) is 0 Å². The van der Waals surface area contributed by atoms with E-state index < -0.39 is 22.9 Å². The van der Waals surface area contributed by atoms with Gasteiger partial charge in [-0.25, -0.2) is 0 Å². The Kier molecular flexibility index (Phi) is 3.71. The Labute approximate surface area is 114 Å². The molecule has 2 nitrogen and oxygen atoms in total. The maximum atomic E-state index is 12.6. The smallest absolute Gasteiger partial charge is 0.416 e. The van der Waals surface area contributed by atoms with E-state index in [1.54, 1.807) is 0 Å². The van der Waals surface area contributed by atoms with Gasteiger partial charge < -0.3 is 10.8 Å². The highest BCUT2D eigenvalue weighted by molar-refractivity contribution is 6.31. The molecule has 19 heavy (non-hydrogen) atoms. The lowest BCUT2D eigenvalue weighted by molar-refractivity contribution is -0.137. The highest BCUT2D eigenvalue weighted by Crippen LogP contribution is 2.48. The second-order valence-electron chi connectivity index (χ2n) is 5.04. The van der Waals surface area contributed by atoms with Crippen molar-refractivity contribution in [2.75, 3.05) is 6.54 Å². The third-order valence-corrected chi connectivity index (χ3v) is 4.18. The number of phenols is 1. The van der Waals surface area contributed by atoms with Crippen molar-refractivity contribution in [3.05, 3.63) is 28.3 Å². The number of nitrogens with two attached hydrogens (primary N) is 1. The number of benzene rings is 1. The first kappa shape index (κ1) is 14.5. The summed E-state index contributed by atoms with van der Waals surface area (Å²) in [6.45, 7) is 0.269. The van der Waals surface area contributed by atoms with Crippen molar-refractivity contribution >= 4 is 11.6 Å². The Morgan fingerprint density at radius 2 is 1.84 bits per heavy atom. The van der Waals surface area contributed by atoms with E-state index in [9.17, 15) is 18.3 Å². The lowest BCUT2D eigenvalue weighted by Crippen LogP contribution is -2.32. The number of phenolic OH excluding ortho intramolecular Hbond substituents is 1. The standard InChI is InChI=1S/C13H15ClF3NO/c14-9-5-8(13(15,16)17)6-10(19)11(9)12(7-18)3-1-2-4-12/h5-6,19H,1-4,7,18H2. The van der Waals surface area contributed by atoms with Gasteiger partial charge in [0.05, 0.1) is 5.56 Å². The van der Waals surface area contributed by atoms with Crippen LogP contribution in [0.5, 0.6) is 5.75 Å². The molecule has 0 radical (unpaired) electrons. The van der Waals surface area contributed by atoms with Crippen molar-refractivity contribution in [1.82, 2.24) is 0 Å². The minimum atomic E-state index is -4.52. The monoisotopic (exact) mass is 293 g/mol. The third-order valence-electron chi connectivity index (χ3n) is 3.88. The predicted octanol–water partition coefficient (Wildman–Crippen LogP) is 3.83. The van der Waals surface area contributed by atoms with E-state index in [0.717, 1.165) is 37.8 Å². The normalized spacial score (nSPS) is 18.8. The lowest BCUT2D eigenvalue weighted by atomic mass is 9.78. The van der Waals surface area contributed by atoms with Gasteiger partial charge in [0.25, 0.3) is 0 Å². The fourth-order valence-corrected chi connectivity index (χ4v) is 3.30. The molecule has 0 amide bonds. The molecule has 1 aromatic rings. The van der Waals surface area contributed by atoms with Gasteiger partial charge in [0.15, 0.2) is 0 Å². The van der Waals surface area contributed by atoms with Crippen LogP contribution in [-0.2, 0) is 11.6 Å². The predicted molar refractivity (Wildman–Crippen MR) is 67.3 cm³/mol. The van der Waals surface area contributed by atoms with Crippen molar-refractivity contribution in [1.29, 1.82) is 0 Å². The zero-order valence-electron chi connectivity index (χ0n) is 10.2. The number of aromatic hydroxyl groups is 1. The van der Waals surface area contributed by atoms with Crippen LogP contribution in [0.1, 0.15) is 36.8 Å². The second kappa shape index (κ2) is 4.87. The molecule has 106 valence electrons. The topological polar surface area (TPSA) is 46.2 Å². The molecule has 0 unspecified atom stereocenters. The Bertz CT molecular complexity index is 458. The number of hydrogen-bond donors (Lipinski definition) is 2.